The Bertz CT molecular complexity index is 544. The fraction of sp³-hybridized carbons (Fsp3) is 0.880. The highest BCUT2D eigenvalue weighted by atomic mass is 16.5. The second-order valence-electron chi connectivity index (χ2n) is 9.43. The number of carbonyl (C=O) groups is 3. The zero-order valence-corrected chi connectivity index (χ0v) is 19.8. The summed E-state index contributed by atoms with van der Waals surface area (Å²) in [7, 11) is 0. The van der Waals surface area contributed by atoms with Crippen LogP contribution in [0.4, 0.5) is 0 Å². The van der Waals surface area contributed by atoms with Crippen molar-refractivity contribution in [2.45, 2.75) is 129 Å². The Labute approximate surface area is 188 Å². The van der Waals surface area contributed by atoms with Crippen molar-refractivity contribution in [3.63, 3.8) is 0 Å². The van der Waals surface area contributed by atoms with Gasteiger partial charge in [-0.2, -0.15) is 0 Å². The SMILES string of the molecule is CCCCCC(=O)CC[C@@H]1[C@@H](CC(=O)CCCCCCC(=O)OC(C)C)[C@@H](O)C[C@H]1O. The average Bonchev–Trinajstić information content (AvgIpc) is 2.95. The van der Waals surface area contributed by atoms with Crippen molar-refractivity contribution in [3.05, 3.63) is 0 Å². The van der Waals surface area contributed by atoms with Crippen LogP contribution in [0.15, 0.2) is 0 Å². The number of rotatable bonds is 17. The second-order valence-corrected chi connectivity index (χ2v) is 9.43. The quantitative estimate of drug-likeness (QED) is 0.255. The Morgan fingerprint density at radius 2 is 1.39 bits per heavy atom. The fourth-order valence-electron chi connectivity index (χ4n) is 4.52. The summed E-state index contributed by atoms with van der Waals surface area (Å²) in [5, 5.41) is 20.7. The van der Waals surface area contributed by atoms with E-state index in [0.717, 1.165) is 44.9 Å². The number of esters is 1. The van der Waals surface area contributed by atoms with Gasteiger partial charge < -0.3 is 14.9 Å². The normalized spacial score (nSPS) is 23.3. The van der Waals surface area contributed by atoms with Crippen LogP contribution in [0.2, 0.25) is 0 Å². The number of hydrogen-bond acceptors (Lipinski definition) is 6. The van der Waals surface area contributed by atoms with E-state index in [1.165, 1.54) is 0 Å². The third-order valence-electron chi connectivity index (χ3n) is 6.25. The van der Waals surface area contributed by atoms with E-state index in [2.05, 4.69) is 6.92 Å². The van der Waals surface area contributed by atoms with Crippen molar-refractivity contribution in [3.8, 4) is 0 Å². The molecule has 0 aromatic carbocycles. The Hall–Kier alpha value is -1.27. The second kappa shape index (κ2) is 15.5. The van der Waals surface area contributed by atoms with Gasteiger partial charge in [-0.25, -0.2) is 0 Å². The molecule has 0 amide bonds. The van der Waals surface area contributed by atoms with Gasteiger partial charge in [0.05, 0.1) is 18.3 Å². The lowest BCUT2D eigenvalue weighted by Crippen LogP contribution is -2.25. The lowest BCUT2D eigenvalue weighted by atomic mass is 9.84. The van der Waals surface area contributed by atoms with Gasteiger partial charge in [-0.05, 0) is 57.8 Å². The predicted octanol–water partition coefficient (Wildman–Crippen LogP) is 4.53. The number of unbranched alkanes of at least 4 members (excludes halogenated alkanes) is 5. The van der Waals surface area contributed by atoms with Crippen LogP contribution in [0.1, 0.15) is 111 Å². The Morgan fingerprint density at radius 1 is 0.806 bits per heavy atom. The number of aliphatic hydroxyl groups excluding tert-OH is 2. The van der Waals surface area contributed by atoms with Crippen molar-refractivity contribution < 1.29 is 29.3 Å². The molecule has 31 heavy (non-hydrogen) atoms. The van der Waals surface area contributed by atoms with Crippen LogP contribution in [0, 0.1) is 11.8 Å². The average molecular weight is 441 g/mol. The zero-order valence-electron chi connectivity index (χ0n) is 19.8. The molecule has 1 saturated carbocycles. The molecular weight excluding hydrogens is 396 g/mol. The third-order valence-corrected chi connectivity index (χ3v) is 6.25. The van der Waals surface area contributed by atoms with Gasteiger partial charge in [0, 0.05) is 32.1 Å². The standard InChI is InChI=1S/C25H44O6/c1-4-5-8-11-19(26)14-15-21-22(24(29)17-23(21)28)16-20(27)12-9-6-7-10-13-25(30)31-18(2)3/h18,21-24,28-29H,4-17H2,1-3H3/t21-,22-,23-,24+/m1/s1. The van der Waals surface area contributed by atoms with Crippen molar-refractivity contribution in [2.24, 2.45) is 11.8 Å². The number of hydrogen-bond donors (Lipinski definition) is 2. The van der Waals surface area contributed by atoms with E-state index in [-0.39, 0.29) is 41.9 Å². The molecule has 0 saturated heterocycles. The van der Waals surface area contributed by atoms with Gasteiger partial charge >= 0.3 is 5.97 Å². The van der Waals surface area contributed by atoms with Crippen molar-refractivity contribution in [1.29, 1.82) is 0 Å². The lowest BCUT2D eigenvalue weighted by Gasteiger charge is -2.23. The zero-order chi connectivity index (χ0) is 23.2. The summed E-state index contributed by atoms with van der Waals surface area (Å²) in [5.41, 5.74) is 0. The minimum Gasteiger partial charge on any atom is -0.463 e. The molecule has 180 valence electrons. The molecule has 0 aliphatic heterocycles. The van der Waals surface area contributed by atoms with Gasteiger partial charge in [0.15, 0.2) is 0 Å². The maximum atomic E-state index is 12.4. The number of ketones is 2. The summed E-state index contributed by atoms with van der Waals surface area (Å²) < 4.78 is 5.10. The van der Waals surface area contributed by atoms with Gasteiger partial charge in [-0.3, -0.25) is 14.4 Å². The summed E-state index contributed by atoms with van der Waals surface area (Å²) in [6.45, 7) is 5.77. The number of Topliss-reactive ketones (excluding diaryl/α,β-unsaturated/α-hetero) is 2. The molecule has 1 fully saturated rings. The first kappa shape index (κ1) is 27.8. The summed E-state index contributed by atoms with van der Waals surface area (Å²) in [6, 6.07) is 0. The molecule has 6 heteroatoms. The van der Waals surface area contributed by atoms with Crippen LogP contribution >= 0.6 is 0 Å². The highest BCUT2D eigenvalue weighted by Gasteiger charge is 2.42. The summed E-state index contributed by atoms with van der Waals surface area (Å²) >= 11 is 0. The molecule has 2 N–H and O–H groups in total. The van der Waals surface area contributed by atoms with Crippen molar-refractivity contribution in [1.82, 2.24) is 0 Å². The highest BCUT2D eigenvalue weighted by Crippen LogP contribution is 2.38. The molecule has 0 bridgehead atoms. The van der Waals surface area contributed by atoms with E-state index in [9.17, 15) is 24.6 Å². The summed E-state index contributed by atoms with van der Waals surface area (Å²) in [4.78, 5) is 36.0. The van der Waals surface area contributed by atoms with Crippen molar-refractivity contribution >= 4 is 17.5 Å². The van der Waals surface area contributed by atoms with Gasteiger partial charge in [-0.15, -0.1) is 0 Å². The number of carbonyl (C=O) groups excluding carboxylic acids is 3. The highest BCUT2D eigenvalue weighted by molar-refractivity contribution is 5.79. The van der Waals surface area contributed by atoms with Gasteiger partial charge in [0.2, 0.25) is 0 Å². The van der Waals surface area contributed by atoms with E-state index in [1.807, 2.05) is 13.8 Å². The molecule has 0 radical (unpaired) electrons. The monoisotopic (exact) mass is 440 g/mol. The van der Waals surface area contributed by atoms with Crippen LogP contribution < -0.4 is 0 Å². The Balaban J connectivity index is 2.29. The number of aliphatic hydroxyl groups is 2. The molecular formula is C25H44O6. The largest absolute Gasteiger partial charge is 0.463 e. The van der Waals surface area contributed by atoms with Crippen LogP contribution in [-0.4, -0.2) is 46.1 Å². The van der Waals surface area contributed by atoms with Crippen LogP contribution in [0.25, 0.3) is 0 Å². The van der Waals surface area contributed by atoms with Gasteiger partial charge in [0.25, 0.3) is 0 Å². The molecule has 0 aromatic rings. The van der Waals surface area contributed by atoms with Crippen LogP contribution in [0.3, 0.4) is 0 Å². The van der Waals surface area contributed by atoms with Crippen LogP contribution in [0.5, 0.6) is 0 Å². The first-order chi connectivity index (χ1) is 14.7. The smallest absolute Gasteiger partial charge is 0.306 e. The maximum absolute atomic E-state index is 12.4. The third kappa shape index (κ3) is 11.8. The van der Waals surface area contributed by atoms with E-state index in [0.29, 0.717) is 38.5 Å². The first-order valence-corrected chi connectivity index (χ1v) is 12.3. The maximum Gasteiger partial charge on any atom is 0.306 e. The Morgan fingerprint density at radius 3 is 2.03 bits per heavy atom. The van der Waals surface area contributed by atoms with Crippen molar-refractivity contribution in [2.75, 3.05) is 0 Å². The summed E-state index contributed by atoms with van der Waals surface area (Å²) in [5.74, 6) is -0.284. The van der Waals surface area contributed by atoms with E-state index in [4.69, 9.17) is 4.74 Å². The van der Waals surface area contributed by atoms with E-state index in [1.54, 1.807) is 0 Å². The molecule has 0 aromatic heterocycles. The molecule has 1 rings (SSSR count). The van der Waals surface area contributed by atoms with Gasteiger partial charge in [-0.1, -0.05) is 32.6 Å². The number of ether oxygens (including phenoxy) is 1. The first-order valence-electron chi connectivity index (χ1n) is 12.3. The fourth-order valence-corrected chi connectivity index (χ4v) is 4.52. The molecule has 1 aliphatic carbocycles. The molecule has 4 atom stereocenters. The molecule has 6 nitrogen and oxygen atoms in total. The topological polar surface area (TPSA) is 101 Å². The van der Waals surface area contributed by atoms with E-state index >= 15 is 0 Å². The van der Waals surface area contributed by atoms with Gasteiger partial charge in [0.1, 0.15) is 11.6 Å². The molecule has 0 heterocycles. The minimum atomic E-state index is -0.675. The Kier molecular flexibility index (Phi) is 13.9. The molecule has 0 unspecified atom stereocenters. The predicted molar refractivity (Wildman–Crippen MR) is 121 cm³/mol. The van der Waals surface area contributed by atoms with E-state index < -0.39 is 12.2 Å². The summed E-state index contributed by atoms with van der Waals surface area (Å²) in [6.07, 6.45) is 7.92. The minimum absolute atomic E-state index is 0.0856. The molecule has 1 aliphatic rings. The molecule has 0 spiro atoms. The lowest BCUT2D eigenvalue weighted by molar-refractivity contribution is -0.147. The van der Waals surface area contributed by atoms with Crippen LogP contribution in [-0.2, 0) is 19.1 Å².